The highest BCUT2D eigenvalue weighted by Gasteiger charge is 1.94. The fourth-order valence-electron chi connectivity index (χ4n) is 1.28. The van der Waals surface area contributed by atoms with Gasteiger partial charge >= 0.3 is 0 Å². The van der Waals surface area contributed by atoms with Crippen molar-refractivity contribution in [1.82, 2.24) is 5.32 Å². The molecule has 3 nitrogen and oxygen atoms in total. The Morgan fingerprint density at radius 3 is 2.33 bits per heavy atom. The van der Waals surface area contributed by atoms with Gasteiger partial charge in [-0.15, -0.1) is 0 Å². The number of benzene rings is 1. The number of hydrogen-bond acceptors (Lipinski definition) is 3. The predicted octanol–water partition coefficient (Wildman–Crippen LogP) is 2.11. The average Bonchev–Trinajstić information content (AvgIpc) is 2.25. The monoisotopic (exact) mass is 208 g/mol. The van der Waals surface area contributed by atoms with E-state index in [1.54, 1.807) is 7.11 Å². The Kier molecular flexibility index (Phi) is 4.98. The summed E-state index contributed by atoms with van der Waals surface area (Å²) in [6.45, 7) is 6.20. The van der Waals surface area contributed by atoms with Crippen molar-refractivity contribution in [2.75, 3.05) is 25.5 Å². The Hall–Kier alpha value is -1.22. The zero-order chi connectivity index (χ0) is 11.1. The minimum atomic E-state index is 0.544. The van der Waals surface area contributed by atoms with Crippen LogP contribution in [0.1, 0.15) is 13.8 Å². The molecule has 0 aliphatic rings. The van der Waals surface area contributed by atoms with E-state index in [0.29, 0.717) is 6.04 Å². The fraction of sp³-hybridized carbons (Fsp3) is 0.500. The molecule has 0 amide bonds. The van der Waals surface area contributed by atoms with Gasteiger partial charge in [0.15, 0.2) is 0 Å². The first-order valence-electron chi connectivity index (χ1n) is 5.33. The Bertz CT molecular complexity index is 269. The number of anilines is 1. The zero-order valence-corrected chi connectivity index (χ0v) is 9.71. The van der Waals surface area contributed by atoms with Crippen LogP contribution in [0.2, 0.25) is 0 Å². The number of nitrogens with one attached hydrogen (secondary N) is 2. The molecule has 0 saturated carbocycles. The molecule has 1 aromatic rings. The third kappa shape index (κ3) is 4.70. The second-order valence-electron chi connectivity index (χ2n) is 3.76. The minimum absolute atomic E-state index is 0.544. The number of hydrogen-bond donors (Lipinski definition) is 2. The minimum Gasteiger partial charge on any atom is -0.497 e. The van der Waals surface area contributed by atoms with Gasteiger partial charge in [-0.25, -0.2) is 0 Å². The molecule has 3 heteroatoms. The molecule has 0 aliphatic carbocycles. The van der Waals surface area contributed by atoms with Gasteiger partial charge in [-0.05, 0) is 24.3 Å². The van der Waals surface area contributed by atoms with Gasteiger partial charge in [0.1, 0.15) is 5.75 Å². The summed E-state index contributed by atoms with van der Waals surface area (Å²) < 4.78 is 5.09. The van der Waals surface area contributed by atoms with Crippen LogP contribution < -0.4 is 15.4 Å². The molecule has 0 fully saturated rings. The molecule has 0 atom stereocenters. The highest BCUT2D eigenvalue weighted by molar-refractivity contribution is 5.46. The maximum atomic E-state index is 5.09. The van der Waals surface area contributed by atoms with Gasteiger partial charge in [0.2, 0.25) is 0 Å². The highest BCUT2D eigenvalue weighted by atomic mass is 16.5. The van der Waals surface area contributed by atoms with Gasteiger partial charge in [0, 0.05) is 24.8 Å². The Balaban J connectivity index is 2.25. The van der Waals surface area contributed by atoms with Crippen LogP contribution >= 0.6 is 0 Å². The summed E-state index contributed by atoms with van der Waals surface area (Å²) in [6.07, 6.45) is 0. The van der Waals surface area contributed by atoms with Crippen molar-refractivity contribution >= 4 is 5.69 Å². The van der Waals surface area contributed by atoms with E-state index in [-0.39, 0.29) is 0 Å². The van der Waals surface area contributed by atoms with Crippen LogP contribution in [0.15, 0.2) is 24.3 Å². The first-order chi connectivity index (χ1) is 7.22. The van der Waals surface area contributed by atoms with E-state index < -0.39 is 0 Å². The first-order valence-corrected chi connectivity index (χ1v) is 5.33. The van der Waals surface area contributed by atoms with Crippen molar-refractivity contribution in [2.45, 2.75) is 19.9 Å². The van der Waals surface area contributed by atoms with Crippen LogP contribution in [-0.2, 0) is 0 Å². The van der Waals surface area contributed by atoms with E-state index >= 15 is 0 Å². The maximum Gasteiger partial charge on any atom is 0.119 e. The molecule has 0 spiro atoms. The maximum absolute atomic E-state index is 5.09. The zero-order valence-electron chi connectivity index (χ0n) is 9.71. The molecule has 0 saturated heterocycles. The normalized spacial score (nSPS) is 10.4. The summed E-state index contributed by atoms with van der Waals surface area (Å²) >= 11 is 0. The lowest BCUT2D eigenvalue weighted by Gasteiger charge is -2.10. The quantitative estimate of drug-likeness (QED) is 0.702. The van der Waals surface area contributed by atoms with Gasteiger partial charge in [0.05, 0.1) is 7.11 Å². The largest absolute Gasteiger partial charge is 0.497 e. The molecule has 2 N–H and O–H groups in total. The summed E-state index contributed by atoms with van der Waals surface area (Å²) in [5.74, 6) is 0.890. The van der Waals surface area contributed by atoms with Crippen molar-refractivity contribution in [3.63, 3.8) is 0 Å². The molecule has 0 aromatic heterocycles. The summed E-state index contributed by atoms with van der Waals surface area (Å²) in [4.78, 5) is 0. The molecule has 0 heterocycles. The second kappa shape index (κ2) is 6.30. The first kappa shape index (κ1) is 11.9. The lowest BCUT2D eigenvalue weighted by Crippen LogP contribution is -2.28. The molecule has 0 unspecified atom stereocenters. The van der Waals surface area contributed by atoms with Crippen molar-refractivity contribution in [1.29, 1.82) is 0 Å². The molecular formula is C12H20N2O. The number of ether oxygens (including phenoxy) is 1. The molecule has 0 radical (unpaired) electrons. The van der Waals surface area contributed by atoms with Gasteiger partial charge in [0.25, 0.3) is 0 Å². The number of methoxy groups -OCH3 is 1. The van der Waals surface area contributed by atoms with Crippen molar-refractivity contribution < 1.29 is 4.74 Å². The van der Waals surface area contributed by atoms with E-state index in [9.17, 15) is 0 Å². The van der Waals surface area contributed by atoms with Gasteiger partial charge in [-0.2, -0.15) is 0 Å². The molecule has 15 heavy (non-hydrogen) atoms. The second-order valence-corrected chi connectivity index (χ2v) is 3.76. The Labute approximate surface area is 91.8 Å². The smallest absolute Gasteiger partial charge is 0.119 e. The van der Waals surface area contributed by atoms with E-state index in [1.807, 2.05) is 24.3 Å². The van der Waals surface area contributed by atoms with Crippen LogP contribution in [0.25, 0.3) is 0 Å². The lowest BCUT2D eigenvalue weighted by molar-refractivity contribution is 0.415. The lowest BCUT2D eigenvalue weighted by atomic mass is 10.3. The third-order valence-electron chi connectivity index (χ3n) is 2.10. The summed E-state index contributed by atoms with van der Waals surface area (Å²) in [7, 11) is 1.68. The molecular weight excluding hydrogens is 188 g/mol. The standard InChI is InChI=1S/C12H20N2O/c1-10(2)13-8-9-14-11-4-6-12(15-3)7-5-11/h4-7,10,13-14H,8-9H2,1-3H3. The third-order valence-corrected chi connectivity index (χ3v) is 2.10. The molecule has 1 aromatic carbocycles. The predicted molar refractivity (Wildman–Crippen MR) is 64.6 cm³/mol. The van der Waals surface area contributed by atoms with Crippen LogP contribution in [0.4, 0.5) is 5.69 Å². The molecule has 0 bridgehead atoms. The van der Waals surface area contributed by atoms with E-state index in [0.717, 1.165) is 24.5 Å². The summed E-state index contributed by atoms with van der Waals surface area (Å²) in [6, 6.07) is 8.50. The van der Waals surface area contributed by atoms with E-state index in [2.05, 4.69) is 24.5 Å². The van der Waals surface area contributed by atoms with Gasteiger partial charge in [-0.1, -0.05) is 13.8 Å². The van der Waals surface area contributed by atoms with Crippen molar-refractivity contribution in [3.05, 3.63) is 24.3 Å². The average molecular weight is 208 g/mol. The van der Waals surface area contributed by atoms with Gasteiger partial charge < -0.3 is 15.4 Å². The Morgan fingerprint density at radius 1 is 1.13 bits per heavy atom. The van der Waals surface area contributed by atoms with E-state index in [1.165, 1.54) is 0 Å². The molecule has 1 rings (SSSR count). The van der Waals surface area contributed by atoms with Crippen LogP contribution in [0.5, 0.6) is 5.75 Å². The SMILES string of the molecule is COc1ccc(NCCNC(C)C)cc1. The molecule has 84 valence electrons. The summed E-state index contributed by atoms with van der Waals surface area (Å²) in [5, 5.41) is 6.68. The van der Waals surface area contributed by atoms with Crippen LogP contribution in [-0.4, -0.2) is 26.2 Å². The van der Waals surface area contributed by atoms with Crippen LogP contribution in [0.3, 0.4) is 0 Å². The van der Waals surface area contributed by atoms with Gasteiger partial charge in [-0.3, -0.25) is 0 Å². The highest BCUT2D eigenvalue weighted by Crippen LogP contribution is 2.14. The topological polar surface area (TPSA) is 33.3 Å². The number of rotatable bonds is 6. The fourth-order valence-corrected chi connectivity index (χ4v) is 1.28. The van der Waals surface area contributed by atoms with E-state index in [4.69, 9.17) is 4.74 Å². The Morgan fingerprint density at radius 2 is 1.80 bits per heavy atom. The van der Waals surface area contributed by atoms with Crippen molar-refractivity contribution in [2.24, 2.45) is 0 Å². The summed E-state index contributed by atoms with van der Waals surface area (Å²) in [5.41, 5.74) is 1.13. The molecule has 0 aliphatic heterocycles. The van der Waals surface area contributed by atoms with Crippen molar-refractivity contribution in [3.8, 4) is 5.75 Å². The van der Waals surface area contributed by atoms with Crippen LogP contribution in [0, 0.1) is 0 Å².